The van der Waals surface area contributed by atoms with Crippen LogP contribution in [0.1, 0.15) is 50.5 Å². The fourth-order valence-electron chi connectivity index (χ4n) is 6.95. The highest BCUT2D eigenvalue weighted by Crippen LogP contribution is 2.60. The first-order chi connectivity index (χ1) is 16.8. The van der Waals surface area contributed by atoms with Gasteiger partial charge >= 0.3 is 0 Å². The number of halogens is 1. The summed E-state index contributed by atoms with van der Waals surface area (Å²) >= 11 is 7.47. The second-order valence-corrected chi connectivity index (χ2v) is 13.8. The number of hydrogen-bond donors (Lipinski definition) is 2. The van der Waals surface area contributed by atoms with E-state index in [0.29, 0.717) is 28.3 Å². The summed E-state index contributed by atoms with van der Waals surface area (Å²) in [7, 11) is -3.86. The lowest BCUT2D eigenvalue weighted by molar-refractivity contribution is -0.117. The average Bonchev–Trinajstić information content (AvgIpc) is 2.81. The van der Waals surface area contributed by atoms with Gasteiger partial charge in [-0.1, -0.05) is 23.7 Å². The van der Waals surface area contributed by atoms with E-state index in [9.17, 15) is 13.2 Å². The standard InChI is InChI=1S/C27H33ClN2O3S2/c1-34-11-10-25(30-35(32,33)24-8-4-22(28)5-9-24)26(31)29-23-6-2-21(3-7-23)27-15-18-12-19(16-27)14-20(13-18)17-27/h2-9,18-20,25,30H,10-17H2,1H3,(H,29,31). The average molecular weight is 533 g/mol. The van der Waals surface area contributed by atoms with Crippen LogP contribution in [0.3, 0.4) is 0 Å². The number of nitrogens with one attached hydrogen (secondary N) is 2. The number of hydrogen-bond acceptors (Lipinski definition) is 4. The second-order valence-electron chi connectivity index (χ2n) is 10.7. The Morgan fingerprint density at radius 2 is 1.57 bits per heavy atom. The topological polar surface area (TPSA) is 75.3 Å². The lowest BCUT2D eigenvalue weighted by Gasteiger charge is -2.57. The first-order valence-electron chi connectivity index (χ1n) is 12.4. The van der Waals surface area contributed by atoms with E-state index in [2.05, 4.69) is 22.2 Å². The van der Waals surface area contributed by atoms with E-state index in [1.54, 1.807) is 11.8 Å². The highest BCUT2D eigenvalue weighted by atomic mass is 35.5. The third-order valence-electron chi connectivity index (χ3n) is 8.15. The summed E-state index contributed by atoms with van der Waals surface area (Å²) in [4.78, 5) is 13.2. The Morgan fingerprint density at radius 3 is 2.11 bits per heavy atom. The number of thioether (sulfide) groups is 1. The van der Waals surface area contributed by atoms with Crippen molar-refractivity contribution in [3.05, 3.63) is 59.1 Å². The molecule has 1 amide bonds. The van der Waals surface area contributed by atoms with Gasteiger partial charge in [-0.05, 0) is 122 Å². The molecule has 5 nitrogen and oxygen atoms in total. The molecular formula is C27H33ClN2O3S2. The van der Waals surface area contributed by atoms with E-state index in [1.807, 2.05) is 18.4 Å². The van der Waals surface area contributed by atoms with Gasteiger partial charge in [0.25, 0.3) is 0 Å². The van der Waals surface area contributed by atoms with Crippen LogP contribution in [0.15, 0.2) is 53.4 Å². The number of amides is 1. The Balaban J connectivity index is 1.28. The monoisotopic (exact) mass is 532 g/mol. The van der Waals surface area contributed by atoms with Crippen molar-refractivity contribution in [2.24, 2.45) is 17.8 Å². The van der Waals surface area contributed by atoms with E-state index < -0.39 is 16.1 Å². The van der Waals surface area contributed by atoms with Crippen molar-refractivity contribution in [3.63, 3.8) is 0 Å². The van der Waals surface area contributed by atoms with E-state index in [1.165, 1.54) is 68.4 Å². The zero-order valence-corrected chi connectivity index (χ0v) is 22.4. The van der Waals surface area contributed by atoms with Crippen molar-refractivity contribution in [1.82, 2.24) is 4.72 Å². The molecule has 188 valence electrons. The molecule has 1 unspecified atom stereocenters. The van der Waals surface area contributed by atoms with E-state index >= 15 is 0 Å². The molecule has 4 aliphatic rings. The fourth-order valence-corrected chi connectivity index (χ4v) is 8.78. The zero-order chi connectivity index (χ0) is 24.6. The summed E-state index contributed by atoms with van der Waals surface area (Å²) in [5.74, 6) is 2.95. The molecule has 4 saturated carbocycles. The molecule has 0 heterocycles. The van der Waals surface area contributed by atoms with Crippen molar-refractivity contribution in [1.29, 1.82) is 0 Å². The highest BCUT2D eigenvalue weighted by Gasteiger charge is 2.51. The Kier molecular flexibility index (Phi) is 7.23. The first-order valence-corrected chi connectivity index (χ1v) is 15.7. The molecule has 2 N–H and O–H groups in total. The molecule has 4 bridgehead atoms. The van der Waals surface area contributed by atoms with Crippen molar-refractivity contribution < 1.29 is 13.2 Å². The summed E-state index contributed by atoms with van der Waals surface area (Å²) in [6.45, 7) is 0. The van der Waals surface area contributed by atoms with E-state index in [0.717, 1.165) is 17.8 Å². The van der Waals surface area contributed by atoms with Gasteiger partial charge in [0.2, 0.25) is 15.9 Å². The minimum atomic E-state index is -3.86. The van der Waals surface area contributed by atoms with E-state index in [4.69, 9.17) is 11.6 Å². The summed E-state index contributed by atoms with van der Waals surface area (Å²) < 4.78 is 28.4. The molecule has 8 heteroatoms. The molecule has 4 aliphatic carbocycles. The Bertz CT molecular complexity index is 1130. The van der Waals surface area contributed by atoms with Crippen LogP contribution >= 0.6 is 23.4 Å². The summed E-state index contributed by atoms with van der Waals surface area (Å²) in [6, 6.07) is 13.4. The Labute approximate surface area is 217 Å². The number of benzene rings is 2. The van der Waals surface area contributed by atoms with Crippen LogP contribution in [-0.4, -0.2) is 32.4 Å². The molecule has 0 radical (unpaired) electrons. The third-order valence-corrected chi connectivity index (χ3v) is 10.5. The lowest BCUT2D eigenvalue weighted by atomic mass is 9.48. The normalized spacial score (nSPS) is 28.1. The van der Waals surface area contributed by atoms with Crippen molar-refractivity contribution >= 4 is 45.0 Å². The van der Waals surface area contributed by atoms with Crippen molar-refractivity contribution in [2.45, 2.75) is 61.3 Å². The Hall–Kier alpha value is -1.54. The smallest absolute Gasteiger partial charge is 0.242 e. The van der Waals surface area contributed by atoms with Gasteiger partial charge < -0.3 is 5.32 Å². The molecule has 0 spiro atoms. The maximum atomic E-state index is 13.1. The van der Waals surface area contributed by atoms with Gasteiger partial charge in [-0.3, -0.25) is 4.79 Å². The minimum absolute atomic E-state index is 0.0868. The summed E-state index contributed by atoms with van der Waals surface area (Å²) in [6.07, 6.45) is 10.5. The highest BCUT2D eigenvalue weighted by molar-refractivity contribution is 7.98. The SMILES string of the molecule is CSCCC(NS(=O)(=O)c1ccc(Cl)cc1)C(=O)Nc1ccc(C23CC4CC(CC(C4)C2)C3)cc1. The van der Waals surface area contributed by atoms with Gasteiger partial charge in [-0.25, -0.2) is 8.42 Å². The molecular weight excluding hydrogens is 500 g/mol. The maximum absolute atomic E-state index is 13.1. The van der Waals surface area contributed by atoms with Gasteiger partial charge in [-0.2, -0.15) is 16.5 Å². The number of sulfonamides is 1. The Morgan fingerprint density at radius 1 is 1.00 bits per heavy atom. The molecule has 2 aromatic carbocycles. The first kappa shape index (κ1) is 25.1. The van der Waals surface area contributed by atoms with Gasteiger partial charge in [0.1, 0.15) is 6.04 Å². The molecule has 0 saturated heterocycles. The quantitative estimate of drug-likeness (QED) is 0.425. The predicted molar refractivity (Wildman–Crippen MR) is 143 cm³/mol. The minimum Gasteiger partial charge on any atom is -0.325 e. The molecule has 1 atom stereocenters. The molecule has 2 aromatic rings. The number of anilines is 1. The van der Waals surface area contributed by atoms with Gasteiger partial charge in [0, 0.05) is 10.7 Å². The number of carbonyl (C=O) groups excluding carboxylic acids is 1. The molecule has 0 aliphatic heterocycles. The van der Waals surface area contributed by atoms with Crippen LogP contribution in [0.2, 0.25) is 5.02 Å². The summed E-state index contributed by atoms with van der Waals surface area (Å²) in [5.41, 5.74) is 2.41. The van der Waals surface area contributed by atoms with Crippen LogP contribution in [-0.2, 0) is 20.2 Å². The fraction of sp³-hybridized carbons (Fsp3) is 0.519. The molecule has 4 fully saturated rings. The van der Waals surface area contributed by atoms with Crippen molar-refractivity contribution in [3.8, 4) is 0 Å². The number of rotatable bonds is 9. The summed E-state index contributed by atoms with van der Waals surface area (Å²) in [5, 5.41) is 3.39. The molecule has 6 rings (SSSR count). The van der Waals surface area contributed by atoms with Crippen LogP contribution in [0, 0.1) is 17.8 Å². The largest absolute Gasteiger partial charge is 0.325 e. The second kappa shape index (κ2) is 10.1. The lowest BCUT2D eigenvalue weighted by Crippen LogP contribution is -2.48. The van der Waals surface area contributed by atoms with Gasteiger partial charge in [0.15, 0.2) is 0 Å². The maximum Gasteiger partial charge on any atom is 0.242 e. The van der Waals surface area contributed by atoms with Crippen LogP contribution in [0.25, 0.3) is 0 Å². The van der Waals surface area contributed by atoms with Gasteiger partial charge in [-0.15, -0.1) is 0 Å². The van der Waals surface area contributed by atoms with Crippen molar-refractivity contribution in [2.75, 3.05) is 17.3 Å². The van der Waals surface area contributed by atoms with E-state index in [-0.39, 0.29) is 10.8 Å². The van der Waals surface area contributed by atoms with Crippen LogP contribution in [0.4, 0.5) is 5.69 Å². The molecule has 0 aromatic heterocycles. The predicted octanol–water partition coefficient (Wildman–Crippen LogP) is 5.85. The number of carbonyl (C=O) groups is 1. The van der Waals surface area contributed by atoms with Crippen LogP contribution < -0.4 is 10.0 Å². The van der Waals surface area contributed by atoms with Gasteiger partial charge in [0.05, 0.1) is 4.90 Å². The zero-order valence-electron chi connectivity index (χ0n) is 20.0. The third kappa shape index (κ3) is 5.43. The van der Waals surface area contributed by atoms with Crippen LogP contribution in [0.5, 0.6) is 0 Å². The molecule has 35 heavy (non-hydrogen) atoms.